The van der Waals surface area contributed by atoms with Crippen molar-refractivity contribution in [3.8, 4) is 11.5 Å². The number of benzene rings is 1. The summed E-state index contributed by atoms with van der Waals surface area (Å²) in [4.78, 5) is 20.8. The molecule has 7 nitrogen and oxygen atoms in total. The molecule has 0 atom stereocenters. The van der Waals surface area contributed by atoms with E-state index in [-0.39, 0.29) is 0 Å². The van der Waals surface area contributed by atoms with E-state index in [4.69, 9.17) is 29.3 Å². The van der Waals surface area contributed by atoms with Crippen LogP contribution in [0.3, 0.4) is 0 Å². The number of carboxylic acids is 2. The highest BCUT2D eigenvalue weighted by molar-refractivity contribution is 6.27. The molecular formula is C18H27NO6. The first kappa shape index (κ1) is 20.8. The molecule has 25 heavy (non-hydrogen) atoms. The van der Waals surface area contributed by atoms with Crippen LogP contribution in [0, 0.1) is 0 Å². The highest BCUT2D eigenvalue weighted by Gasteiger charge is 2.08. The van der Waals surface area contributed by atoms with Gasteiger partial charge < -0.3 is 24.6 Å². The molecule has 2 rings (SSSR count). The summed E-state index contributed by atoms with van der Waals surface area (Å²) in [7, 11) is 1.68. The van der Waals surface area contributed by atoms with E-state index in [1.807, 2.05) is 24.3 Å². The number of hydrogen-bond acceptors (Lipinski definition) is 5. The summed E-state index contributed by atoms with van der Waals surface area (Å²) >= 11 is 0. The van der Waals surface area contributed by atoms with Crippen LogP contribution >= 0.6 is 0 Å². The Morgan fingerprint density at radius 1 is 0.960 bits per heavy atom. The van der Waals surface area contributed by atoms with Crippen LogP contribution in [0.5, 0.6) is 11.5 Å². The van der Waals surface area contributed by atoms with Crippen molar-refractivity contribution in [2.24, 2.45) is 0 Å². The lowest BCUT2D eigenvalue weighted by atomic mass is 10.2. The maximum absolute atomic E-state index is 9.10. The van der Waals surface area contributed by atoms with Crippen LogP contribution in [-0.2, 0) is 9.59 Å². The number of methoxy groups -OCH3 is 1. The van der Waals surface area contributed by atoms with Crippen molar-refractivity contribution >= 4 is 11.9 Å². The zero-order valence-electron chi connectivity index (χ0n) is 14.6. The van der Waals surface area contributed by atoms with Gasteiger partial charge in [-0.2, -0.15) is 0 Å². The van der Waals surface area contributed by atoms with E-state index in [1.54, 1.807) is 7.11 Å². The van der Waals surface area contributed by atoms with Gasteiger partial charge in [0.1, 0.15) is 11.5 Å². The van der Waals surface area contributed by atoms with Gasteiger partial charge in [-0.1, -0.05) is 12.8 Å². The quantitative estimate of drug-likeness (QED) is 0.599. The SMILES string of the molecule is COc1ccc(OCCCN2CCCCCC2)cc1.O=C(O)C(=O)O. The van der Waals surface area contributed by atoms with Crippen LogP contribution in [-0.4, -0.2) is 60.4 Å². The van der Waals surface area contributed by atoms with E-state index < -0.39 is 11.9 Å². The maximum Gasteiger partial charge on any atom is 0.414 e. The number of carboxylic acid groups (broad SMARTS) is 2. The first-order valence-corrected chi connectivity index (χ1v) is 8.48. The largest absolute Gasteiger partial charge is 0.497 e. The third-order valence-corrected chi connectivity index (χ3v) is 3.83. The first-order chi connectivity index (χ1) is 12.0. The fourth-order valence-corrected chi connectivity index (χ4v) is 2.51. The van der Waals surface area contributed by atoms with Gasteiger partial charge in [-0.15, -0.1) is 0 Å². The molecule has 0 aromatic heterocycles. The molecule has 0 saturated carbocycles. The van der Waals surface area contributed by atoms with E-state index in [2.05, 4.69) is 4.90 Å². The van der Waals surface area contributed by atoms with E-state index in [0.717, 1.165) is 31.1 Å². The Morgan fingerprint density at radius 2 is 1.48 bits per heavy atom. The summed E-state index contributed by atoms with van der Waals surface area (Å²) in [5, 5.41) is 14.8. The van der Waals surface area contributed by atoms with Gasteiger partial charge in [0.15, 0.2) is 0 Å². The van der Waals surface area contributed by atoms with Gasteiger partial charge in [-0.05, 0) is 56.6 Å². The highest BCUT2D eigenvalue weighted by atomic mass is 16.5. The predicted molar refractivity (Wildman–Crippen MR) is 93.3 cm³/mol. The van der Waals surface area contributed by atoms with E-state index in [0.29, 0.717) is 0 Å². The third-order valence-electron chi connectivity index (χ3n) is 3.83. The number of carbonyl (C=O) groups is 2. The van der Waals surface area contributed by atoms with Crippen LogP contribution < -0.4 is 9.47 Å². The standard InChI is InChI=1S/C16H25NO2.C2H2O4/c1-18-15-7-9-16(10-8-15)19-14-6-13-17-11-4-2-3-5-12-17;3-1(4)2(5)6/h7-10H,2-6,11-14H2,1H3;(H,3,4)(H,5,6). The number of rotatable bonds is 6. The second kappa shape index (κ2) is 12.1. The van der Waals surface area contributed by atoms with Crippen LogP contribution in [0.1, 0.15) is 32.1 Å². The molecule has 0 radical (unpaired) electrons. The number of likely N-dealkylation sites (tertiary alicyclic amines) is 1. The summed E-state index contributed by atoms with van der Waals surface area (Å²) in [5.41, 5.74) is 0. The van der Waals surface area contributed by atoms with Crippen molar-refractivity contribution in [3.05, 3.63) is 24.3 Å². The average Bonchev–Trinajstić information content (AvgIpc) is 2.88. The minimum Gasteiger partial charge on any atom is -0.497 e. The number of aliphatic carboxylic acids is 2. The lowest BCUT2D eigenvalue weighted by Crippen LogP contribution is -2.26. The molecule has 2 N–H and O–H groups in total. The summed E-state index contributed by atoms with van der Waals surface area (Å²) in [6.07, 6.45) is 6.63. The Hall–Kier alpha value is -2.28. The Morgan fingerprint density at radius 3 is 1.96 bits per heavy atom. The molecule has 0 bridgehead atoms. The first-order valence-electron chi connectivity index (χ1n) is 8.48. The van der Waals surface area contributed by atoms with E-state index >= 15 is 0 Å². The summed E-state index contributed by atoms with van der Waals surface area (Å²) in [6.45, 7) is 4.49. The number of ether oxygens (including phenoxy) is 2. The third kappa shape index (κ3) is 9.56. The molecule has 1 aromatic rings. The molecule has 140 valence electrons. The monoisotopic (exact) mass is 353 g/mol. The van der Waals surface area contributed by atoms with Gasteiger partial charge in [0.2, 0.25) is 0 Å². The molecule has 1 aliphatic heterocycles. The van der Waals surface area contributed by atoms with Gasteiger partial charge in [0.25, 0.3) is 0 Å². The molecule has 0 amide bonds. The van der Waals surface area contributed by atoms with Gasteiger partial charge in [-0.3, -0.25) is 0 Å². The van der Waals surface area contributed by atoms with Crippen LogP contribution in [0.25, 0.3) is 0 Å². The molecule has 0 spiro atoms. The number of nitrogens with zero attached hydrogens (tertiary/aromatic N) is 1. The van der Waals surface area contributed by atoms with Crippen molar-refractivity contribution < 1.29 is 29.3 Å². The summed E-state index contributed by atoms with van der Waals surface area (Å²) in [5.74, 6) is -1.85. The molecular weight excluding hydrogens is 326 g/mol. The molecule has 1 aromatic carbocycles. The van der Waals surface area contributed by atoms with Crippen LogP contribution in [0.2, 0.25) is 0 Å². The van der Waals surface area contributed by atoms with Crippen LogP contribution in [0.4, 0.5) is 0 Å². The van der Waals surface area contributed by atoms with Crippen molar-refractivity contribution in [1.82, 2.24) is 4.90 Å². The van der Waals surface area contributed by atoms with Crippen molar-refractivity contribution in [1.29, 1.82) is 0 Å². The lowest BCUT2D eigenvalue weighted by Gasteiger charge is -2.19. The summed E-state index contributed by atoms with van der Waals surface area (Å²) in [6, 6.07) is 7.80. The smallest absolute Gasteiger partial charge is 0.414 e. The van der Waals surface area contributed by atoms with Crippen molar-refractivity contribution in [3.63, 3.8) is 0 Å². The molecule has 1 heterocycles. The van der Waals surface area contributed by atoms with Crippen molar-refractivity contribution in [2.45, 2.75) is 32.1 Å². The van der Waals surface area contributed by atoms with Gasteiger partial charge >= 0.3 is 11.9 Å². The highest BCUT2D eigenvalue weighted by Crippen LogP contribution is 2.17. The maximum atomic E-state index is 9.10. The van der Waals surface area contributed by atoms with Crippen molar-refractivity contribution in [2.75, 3.05) is 33.4 Å². The Kier molecular flexibility index (Phi) is 10.1. The summed E-state index contributed by atoms with van der Waals surface area (Å²) < 4.78 is 10.9. The molecule has 7 heteroatoms. The Bertz CT molecular complexity index is 497. The number of hydrogen-bond donors (Lipinski definition) is 2. The normalized spacial score (nSPS) is 14.6. The Labute approximate surface area is 148 Å². The zero-order chi connectivity index (χ0) is 18.5. The van der Waals surface area contributed by atoms with Crippen LogP contribution in [0.15, 0.2) is 24.3 Å². The van der Waals surface area contributed by atoms with E-state index in [1.165, 1.54) is 38.8 Å². The fourth-order valence-electron chi connectivity index (χ4n) is 2.51. The van der Waals surface area contributed by atoms with Gasteiger partial charge in [-0.25, -0.2) is 9.59 Å². The zero-order valence-corrected chi connectivity index (χ0v) is 14.6. The average molecular weight is 353 g/mol. The lowest BCUT2D eigenvalue weighted by molar-refractivity contribution is -0.159. The molecule has 1 aliphatic rings. The van der Waals surface area contributed by atoms with Gasteiger partial charge in [0, 0.05) is 6.54 Å². The minimum absolute atomic E-state index is 0.794. The molecule has 1 saturated heterocycles. The predicted octanol–water partition coefficient (Wildman–Crippen LogP) is 2.50. The fraction of sp³-hybridized carbons (Fsp3) is 0.556. The second-order valence-electron chi connectivity index (χ2n) is 5.74. The topological polar surface area (TPSA) is 96.3 Å². The van der Waals surface area contributed by atoms with E-state index in [9.17, 15) is 0 Å². The molecule has 0 unspecified atom stereocenters. The molecule has 0 aliphatic carbocycles. The second-order valence-corrected chi connectivity index (χ2v) is 5.74. The molecule has 1 fully saturated rings. The van der Waals surface area contributed by atoms with Gasteiger partial charge in [0.05, 0.1) is 13.7 Å². The minimum atomic E-state index is -1.82. The Balaban J connectivity index is 0.000000450.